The first-order chi connectivity index (χ1) is 7.84. The number of hydrogen-bond acceptors (Lipinski definition) is 2. The average Bonchev–Trinajstić information content (AvgIpc) is 2.97. The maximum absolute atomic E-state index is 6.33. The highest BCUT2D eigenvalue weighted by molar-refractivity contribution is 7.10. The molecule has 0 radical (unpaired) electrons. The summed E-state index contributed by atoms with van der Waals surface area (Å²) in [6.07, 6.45) is 2.27. The molecule has 16 heavy (non-hydrogen) atoms. The summed E-state index contributed by atoms with van der Waals surface area (Å²) in [4.78, 5) is 1.32. The van der Waals surface area contributed by atoms with Crippen molar-refractivity contribution < 1.29 is 0 Å². The number of thiophene rings is 1. The Kier molecular flexibility index (Phi) is 2.54. The average molecular weight is 229 g/mol. The maximum atomic E-state index is 6.33. The summed E-state index contributed by atoms with van der Waals surface area (Å²) in [6, 6.07) is 13.1. The number of nitrogens with two attached hydrogens (primary N) is 1. The van der Waals surface area contributed by atoms with E-state index in [1.165, 1.54) is 16.0 Å². The molecule has 0 bridgehead atoms. The molecule has 1 atom stereocenters. The van der Waals surface area contributed by atoms with Gasteiger partial charge >= 0.3 is 0 Å². The van der Waals surface area contributed by atoms with Gasteiger partial charge in [-0.2, -0.15) is 0 Å². The van der Waals surface area contributed by atoms with E-state index < -0.39 is 0 Å². The Hall–Kier alpha value is -1.12. The van der Waals surface area contributed by atoms with E-state index in [1.807, 2.05) is 0 Å². The quantitative estimate of drug-likeness (QED) is 0.841. The molecule has 1 aromatic carbocycles. The van der Waals surface area contributed by atoms with Crippen LogP contribution in [0.5, 0.6) is 0 Å². The van der Waals surface area contributed by atoms with Crippen molar-refractivity contribution in [1.29, 1.82) is 0 Å². The highest BCUT2D eigenvalue weighted by Gasteiger charge is 2.27. The van der Waals surface area contributed by atoms with Crippen LogP contribution in [0, 0.1) is 5.92 Å². The molecule has 1 aromatic heterocycles. The zero-order valence-electron chi connectivity index (χ0n) is 9.10. The van der Waals surface area contributed by atoms with E-state index in [4.69, 9.17) is 5.73 Å². The molecule has 0 spiro atoms. The molecule has 0 aliphatic heterocycles. The van der Waals surface area contributed by atoms with E-state index in [2.05, 4.69) is 41.8 Å². The van der Waals surface area contributed by atoms with Crippen LogP contribution < -0.4 is 5.73 Å². The van der Waals surface area contributed by atoms with Gasteiger partial charge in [0.25, 0.3) is 0 Å². The Bertz CT molecular complexity index is 450. The minimum atomic E-state index is 0.201. The summed E-state index contributed by atoms with van der Waals surface area (Å²) in [6.45, 7) is 0. The van der Waals surface area contributed by atoms with Crippen LogP contribution in [0.4, 0.5) is 0 Å². The second kappa shape index (κ2) is 4.04. The first kappa shape index (κ1) is 10.1. The predicted molar refractivity (Wildman–Crippen MR) is 68.6 cm³/mol. The van der Waals surface area contributed by atoms with Crippen molar-refractivity contribution in [2.24, 2.45) is 11.7 Å². The SMILES string of the molecule is NC(c1cccs1)C1Cc2ccccc2C1. The van der Waals surface area contributed by atoms with Crippen molar-refractivity contribution in [3.63, 3.8) is 0 Å². The van der Waals surface area contributed by atoms with E-state index in [-0.39, 0.29) is 6.04 Å². The predicted octanol–water partition coefficient (Wildman–Crippen LogP) is 3.16. The van der Waals surface area contributed by atoms with Gasteiger partial charge < -0.3 is 5.73 Å². The van der Waals surface area contributed by atoms with Crippen molar-refractivity contribution in [3.8, 4) is 0 Å². The lowest BCUT2D eigenvalue weighted by Crippen LogP contribution is -2.20. The molecule has 1 aliphatic carbocycles. The molecule has 1 heterocycles. The molecule has 1 nitrogen and oxygen atoms in total. The van der Waals surface area contributed by atoms with Gasteiger partial charge in [0, 0.05) is 10.9 Å². The highest BCUT2D eigenvalue weighted by atomic mass is 32.1. The Morgan fingerprint density at radius 3 is 2.31 bits per heavy atom. The van der Waals surface area contributed by atoms with Gasteiger partial charge in [-0.1, -0.05) is 30.3 Å². The number of hydrogen-bond donors (Lipinski definition) is 1. The minimum Gasteiger partial charge on any atom is -0.323 e. The fourth-order valence-corrected chi connectivity index (χ4v) is 3.38. The zero-order chi connectivity index (χ0) is 11.0. The van der Waals surface area contributed by atoms with Crippen LogP contribution in [0.1, 0.15) is 22.0 Å². The Balaban J connectivity index is 1.81. The lowest BCUT2D eigenvalue weighted by molar-refractivity contribution is 0.459. The third-order valence-corrected chi connectivity index (χ3v) is 4.44. The van der Waals surface area contributed by atoms with Crippen LogP contribution in [0.3, 0.4) is 0 Å². The lowest BCUT2D eigenvalue weighted by Gasteiger charge is -2.17. The molecule has 0 saturated carbocycles. The van der Waals surface area contributed by atoms with Gasteiger partial charge in [-0.05, 0) is 41.3 Å². The van der Waals surface area contributed by atoms with Gasteiger partial charge in [-0.15, -0.1) is 11.3 Å². The highest BCUT2D eigenvalue weighted by Crippen LogP contribution is 2.35. The topological polar surface area (TPSA) is 26.0 Å². The smallest absolute Gasteiger partial charge is 0.0424 e. The molecule has 0 amide bonds. The van der Waals surface area contributed by atoms with E-state index in [0.717, 1.165) is 12.8 Å². The molecular formula is C14H15NS. The van der Waals surface area contributed by atoms with Crippen LogP contribution in [-0.4, -0.2) is 0 Å². The van der Waals surface area contributed by atoms with Gasteiger partial charge in [0.15, 0.2) is 0 Å². The largest absolute Gasteiger partial charge is 0.323 e. The van der Waals surface area contributed by atoms with Gasteiger partial charge in [-0.3, -0.25) is 0 Å². The lowest BCUT2D eigenvalue weighted by atomic mass is 9.96. The molecule has 0 fully saturated rings. The van der Waals surface area contributed by atoms with Crippen molar-refractivity contribution in [2.75, 3.05) is 0 Å². The Morgan fingerprint density at radius 1 is 1.06 bits per heavy atom. The van der Waals surface area contributed by atoms with Crippen LogP contribution in [0.15, 0.2) is 41.8 Å². The minimum absolute atomic E-state index is 0.201. The van der Waals surface area contributed by atoms with Gasteiger partial charge in [-0.25, -0.2) is 0 Å². The van der Waals surface area contributed by atoms with Gasteiger partial charge in [0.2, 0.25) is 0 Å². The summed E-state index contributed by atoms with van der Waals surface area (Å²) in [5.41, 5.74) is 9.31. The van der Waals surface area contributed by atoms with Crippen molar-refractivity contribution in [1.82, 2.24) is 0 Å². The normalized spacial score (nSPS) is 17.3. The van der Waals surface area contributed by atoms with Crippen LogP contribution in [0.2, 0.25) is 0 Å². The summed E-state index contributed by atoms with van der Waals surface area (Å²) in [5, 5.41) is 2.11. The number of benzene rings is 1. The van der Waals surface area contributed by atoms with Crippen molar-refractivity contribution in [2.45, 2.75) is 18.9 Å². The molecule has 0 saturated heterocycles. The maximum Gasteiger partial charge on any atom is 0.0424 e. The van der Waals surface area contributed by atoms with Crippen LogP contribution in [0.25, 0.3) is 0 Å². The Morgan fingerprint density at radius 2 is 1.75 bits per heavy atom. The van der Waals surface area contributed by atoms with E-state index in [0.29, 0.717) is 5.92 Å². The molecule has 2 N–H and O–H groups in total. The molecular weight excluding hydrogens is 214 g/mol. The summed E-state index contributed by atoms with van der Waals surface area (Å²) < 4.78 is 0. The fraction of sp³-hybridized carbons (Fsp3) is 0.286. The number of fused-ring (bicyclic) bond motifs is 1. The van der Waals surface area contributed by atoms with Crippen LogP contribution >= 0.6 is 11.3 Å². The van der Waals surface area contributed by atoms with E-state index >= 15 is 0 Å². The molecule has 3 rings (SSSR count). The summed E-state index contributed by atoms with van der Waals surface area (Å²) in [7, 11) is 0. The summed E-state index contributed by atoms with van der Waals surface area (Å²) >= 11 is 1.77. The molecule has 1 unspecified atom stereocenters. The Labute approximate surface area is 99.9 Å². The first-order valence-electron chi connectivity index (χ1n) is 5.70. The molecule has 82 valence electrons. The molecule has 2 aromatic rings. The summed E-state index contributed by atoms with van der Waals surface area (Å²) in [5.74, 6) is 0.580. The molecule has 1 aliphatic rings. The first-order valence-corrected chi connectivity index (χ1v) is 6.58. The van der Waals surface area contributed by atoms with Crippen molar-refractivity contribution >= 4 is 11.3 Å². The third-order valence-electron chi connectivity index (χ3n) is 3.46. The van der Waals surface area contributed by atoms with Gasteiger partial charge in [0.1, 0.15) is 0 Å². The standard InChI is InChI=1S/C14H15NS/c15-14(13-6-3-7-16-13)12-8-10-4-1-2-5-11(10)9-12/h1-7,12,14H,8-9,15H2. The van der Waals surface area contributed by atoms with Crippen molar-refractivity contribution in [3.05, 3.63) is 57.8 Å². The monoisotopic (exact) mass is 229 g/mol. The third kappa shape index (κ3) is 1.68. The van der Waals surface area contributed by atoms with E-state index in [1.54, 1.807) is 11.3 Å². The second-order valence-electron chi connectivity index (χ2n) is 4.48. The van der Waals surface area contributed by atoms with Crippen LogP contribution in [-0.2, 0) is 12.8 Å². The second-order valence-corrected chi connectivity index (χ2v) is 5.46. The zero-order valence-corrected chi connectivity index (χ0v) is 9.91. The molecule has 2 heteroatoms. The van der Waals surface area contributed by atoms with E-state index in [9.17, 15) is 0 Å². The van der Waals surface area contributed by atoms with Gasteiger partial charge in [0.05, 0.1) is 0 Å². The fourth-order valence-electron chi connectivity index (χ4n) is 2.56. The number of rotatable bonds is 2.